The summed E-state index contributed by atoms with van der Waals surface area (Å²) in [6.45, 7) is 4.13. The summed E-state index contributed by atoms with van der Waals surface area (Å²) >= 11 is 0. The number of hydrogen-bond donors (Lipinski definition) is 2. The minimum Gasteiger partial charge on any atom is -0.390 e. The molecular formula is C20H28N2O4. The van der Waals surface area contributed by atoms with Crippen molar-refractivity contribution in [3.05, 3.63) is 35.9 Å². The normalized spacial score (nSPS) is 32.0. The quantitative estimate of drug-likeness (QED) is 0.817. The monoisotopic (exact) mass is 360 g/mol. The number of rotatable bonds is 6. The number of ether oxygens (including phenoxy) is 1. The van der Waals surface area contributed by atoms with Crippen LogP contribution in [0.15, 0.2) is 30.3 Å². The van der Waals surface area contributed by atoms with Gasteiger partial charge in [-0.3, -0.25) is 15.0 Å². The Bertz CT molecular complexity index is 640. The first-order valence-electron chi connectivity index (χ1n) is 9.45. The van der Waals surface area contributed by atoms with Gasteiger partial charge in [-0.15, -0.1) is 0 Å². The van der Waals surface area contributed by atoms with Crippen LogP contribution in [0.5, 0.6) is 0 Å². The smallest absolute Gasteiger partial charge is 0.326 e. The van der Waals surface area contributed by atoms with E-state index in [4.69, 9.17) is 4.74 Å². The summed E-state index contributed by atoms with van der Waals surface area (Å²) in [5.74, 6) is -0.194. The molecule has 3 amide bonds. The molecule has 0 aromatic heterocycles. The van der Waals surface area contributed by atoms with E-state index in [1.807, 2.05) is 25.1 Å². The van der Waals surface area contributed by atoms with Crippen LogP contribution in [0.2, 0.25) is 0 Å². The molecule has 2 aliphatic rings. The van der Waals surface area contributed by atoms with Gasteiger partial charge in [0.25, 0.3) is 0 Å². The van der Waals surface area contributed by atoms with Crippen molar-refractivity contribution in [3.63, 3.8) is 0 Å². The Labute approximate surface area is 154 Å². The number of imide groups is 1. The zero-order valence-corrected chi connectivity index (χ0v) is 15.5. The number of benzene rings is 1. The summed E-state index contributed by atoms with van der Waals surface area (Å²) in [4.78, 5) is 26.6. The number of hydrogen-bond acceptors (Lipinski definition) is 4. The molecule has 3 rings (SSSR count). The van der Waals surface area contributed by atoms with Crippen LogP contribution < -0.4 is 5.32 Å². The van der Waals surface area contributed by atoms with Gasteiger partial charge in [-0.25, -0.2) is 4.79 Å². The minimum absolute atomic E-state index is 0.194. The number of nitrogens with zero attached hydrogens (tertiary/aromatic N) is 1. The van der Waals surface area contributed by atoms with Gasteiger partial charge in [-0.2, -0.15) is 0 Å². The Morgan fingerprint density at radius 1 is 1.31 bits per heavy atom. The zero-order valence-electron chi connectivity index (χ0n) is 15.5. The molecule has 142 valence electrons. The van der Waals surface area contributed by atoms with Crippen molar-refractivity contribution in [1.29, 1.82) is 0 Å². The first kappa shape index (κ1) is 18.9. The van der Waals surface area contributed by atoms with Crippen LogP contribution in [-0.2, 0) is 16.0 Å². The van der Waals surface area contributed by atoms with Gasteiger partial charge >= 0.3 is 6.03 Å². The number of aliphatic hydroxyl groups is 1. The summed E-state index contributed by atoms with van der Waals surface area (Å²) in [6.07, 6.45) is 2.15. The van der Waals surface area contributed by atoms with Crippen LogP contribution in [0.1, 0.15) is 45.1 Å². The first-order valence-corrected chi connectivity index (χ1v) is 9.45. The molecule has 2 fully saturated rings. The van der Waals surface area contributed by atoms with E-state index in [9.17, 15) is 14.7 Å². The van der Waals surface area contributed by atoms with E-state index in [1.165, 1.54) is 5.56 Å². The van der Waals surface area contributed by atoms with Crippen molar-refractivity contribution in [2.24, 2.45) is 5.41 Å². The van der Waals surface area contributed by atoms with Gasteiger partial charge in [0.1, 0.15) is 6.23 Å². The average Bonchev–Trinajstić information content (AvgIpc) is 2.96. The van der Waals surface area contributed by atoms with Gasteiger partial charge in [0.05, 0.1) is 17.6 Å². The highest BCUT2D eigenvalue weighted by Gasteiger charge is 2.48. The van der Waals surface area contributed by atoms with Crippen molar-refractivity contribution in [3.8, 4) is 0 Å². The summed E-state index contributed by atoms with van der Waals surface area (Å²) in [5.41, 5.74) is 0.641. The summed E-state index contributed by atoms with van der Waals surface area (Å²) in [7, 11) is 0. The molecule has 2 aliphatic heterocycles. The molecule has 0 saturated carbocycles. The molecule has 2 N–H and O–H groups in total. The maximum atomic E-state index is 12.6. The number of urea groups is 1. The van der Waals surface area contributed by atoms with Crippen LogP contribution in [0.25, 0.3) is 0 Å². The van der Waals surface area contributed by atoms with Crippen molar-refractivity contribution in [2.45, 2.75) is 64.4 Å². The van der Waals surface area contributed by atoms with E-state index in [2.05, 4.69) is 17.4 Å². The lowest BCUT2D eigenvalue weighted by Crippen LogP contribution is -2.62. The highest BCUT2D eigenvalue weighted by molar-refractivity contribution is 6.00. The lowest BCUT2D eigenvalue weighted by Gasteiger charge is -2.43. The van der Waals surface area contributed by atoms with Crippen LogP contribution in [0, 0.1) is 5.41 Å². The van der Waals surface area contributed by atoms with Crippen molar-refractivity contribution in [2.75, 3.05) is 6.54 Å². The average molecular weight is 360 g/mol. The lowest BCUT2D eigenvalue weighted by molar-refractivity contribution is -0.138. The van der Waals surface area contributed by atoms with Gasteiger partial charge < -0.3 is 9.84 Å². The van der Waals surface area contributed by atoms with E-state index >= 15 is 0 Å². The SMILES string of the molecule is CCC1(CCCc2ccccc2)CN([C@H]2C[C@H](O)[C@@H](C)O2)C(=O)NC1=O. The second kappa shape index (κ2) is 7.76. The molecule has 4 atom stereocenters. The number of carbonyl (C=O) groups excluding carboxylic acids is 2. The van der Waals surface area contributed by atoms with Crippen molar-refractivity contribution >= 4 is 11.9 Å². The van der Waals surface area contributed by atoms with Crippen LogP contribution in [0.3, 0.4) is 0 Å². The summed E-state index contributed by atoms with van der Waals surface area (Å²) < 4.78 is 5.73. The zero-order chi connectivity index (χ0) is 18.7. The molecule has 0 spiro atoms. The number of aliphatic hydroxyl groups excluding tert-OH is 1. The van der Waals surface area contributed by atoms with Gasteiger partial charge in [-0.05, 0) is 38.2 Å². The molecule has 0 radical (unpaired) electrons. The number of aryl methyl sites for hydroxylation is 1. The molecule has 26 heavy (non-hydrogen) atoms. The lowest BCUT2D eigenvalue weighted by atomic mass is 9.77. The first-order chi connectivity index (χ1) is 12.4. The van der Waals surface area contributed by atoms with Crippen molar-refractivity contribution < 1.29 is 19.4 Å². The fourth-order valence-electron chi connectivity index (χ4n) is 3.91. The van der Waals surface area contributed by atoms with Gasteiger partial charge in [0.15, 0.2) is 0 Å². The molecule has 1 aromatic rings. The predicted octanol–water partition coefficient (Wildman–Crippen LogP) is 2.45. The third-order valence-electron chi connectivity index (χ3n) is 5.78. The van der Waals surface area contributed by atoms with Crippen LogP contribution in [0.4, 0.5) is 4.79 Å². The second-order valence-corrected chi connectivity index (χ2v) is 7.46. The van der Waals surface area contributed by atoms with E-state index < -0.39 is 23.8 Å². The third kappa shape index (κ3) is 3.76. The molecule has 0 aliphatic carbocycles. The minimum atomic E-state index is -0.608. The van der Waals surface area contributed by atoms with Crippen molar-refractivity contribution in [1.82, 2.24) is 10.2 Å². The van der Waals surface area contributed by atoms with E-state index in [1.54, 1.807) is 11.8 Å². The van der Waals surface area contributed by atoms with Gasteiger partial charge in [0.2, 0.25) is 5.91 Å². The standard InChI is InChI=1S/C20H28N2O4/c1-3-20(11-7-10-15-8-5-4-6-9-15)13-22(19(25)21-18(20)24)17-12-16(23)14(2)26-17/h4-6,8-9,14,16-17,23H,3,7,10-13H2,1-2H3,(H,21,24,25)/t14-,16+,17-,20?/m1/s1. The van der Waals surface area contributed by atoms with E-state index in [0.29, 0.717) is 25.8 Å². The molecule has 1 aromatic carbocycles. The predicted molar refractivity (Wildman–Crippen MR) is 97.3 cm³/mol. The van der Waals surface area contributed by atoms with E-state index in [-0.39, 0.29) is 12.0 Å². The molecule has 2 saturated heterocycles. The Morgan fingerprint density at radius 2 is 2.04 bits per heavy atom. The summed E-state index contributed by atoms with van der Waals surface area (Å²) in [6, 6.07) is 9.78. The van der Waals surface area contributed by atoms with Crippen LogP contribution in [-0.4, -0.2) is 46.9 Å². The Morgan fingerprint density at radius 3 is 2.65 bits per heavy atom. The Hall–Kier alpha value is -1.92. The highest BCUT2D eigenvalue weighted by Crippen LogP contribution is 2.36. The Balaban J connectivity index is 1.68. The molecule has 1 unspecified atom stereocenters. The maximum absolute atomic E-state index is 12.6. The third-order valence-corrected chi connectivity index (χ3v) is 5.78. The molecule has 2 heterocycles. The second-order valence-electron chi connectivity index (χ2n) is 7.46. The summed E-state index contributed by atoms with van der Waals surface area (Å²) in [5, 5.41) is 12.5. The molecule has 0 bridgehead atoms. The maximum Gasteiger partial charge on any atom is 0.326 e. The number of amides is 3. The molecule has 6 heteroatoms. The number of nitrogens with one attached hydrogen (secondary N) is 1. The Kier molecular flexibility index (Phi) is 5.63. The van der Waals surface area contributed by atoms with E-state index in [0.717, 1.165) is 12.8 Å². The van der Waals surface area contributed by atoms with Crippen LogP contribution >= 0.6 is 0 Å². The molecular weight excluding hydrogens is 332 g/mol. The number of carbonyl (C=O) groups is 2. The molecule has 6 nitrogen and oxygen atoms in total. The largest absolute Gasteiger partial charge is 0.390 e. The van der Waals surface area contributed by atoms with Gasteiger partial charge in [0, 0.05) is 13.0 Å². The fraction of sp³-hybridized carbons (Fsp3) is 0.600. The topological polar surface area (TPSA) is 78.9 Å². The van der Waals surface area contributed by atoms with Gasteiger partial charge in [-0.1, -0.05) is 37.3 Å². The highest BCUT2D eigenvalue weighted by atomic mass is 16.5. The fourth-order valence-corrected chi connectivity index (χ4v) is 3.91.